The van der Waals surface area contributed by atoms with Crippen molar-refractivity contribution in [2.24, 2.45) is 0 Å². The van der Waals surface area contributed by atoms with Gasteiger partial charge < -0.3 is 5.32 Å². The highest BCUT2D eigenvalue weighted by atomic mass is 35.5. The zero-order chi connectivity index (χ0) is 20.4. The van der Waals surface area contributed by atoms with Gasteiger partial charge in [0.05, 0.1) is 4.90 Å². The van der Waals surface area contributed by atoms with Gasteiger partial charge in [-0.1, -0.05) is 29.8 Å². The Morgan fingerprint density at radius 3 is 2.34 bits per heavy atom. The van der Waals surface area contributed by atoms with Crippen LogP contribution in [0.2, 0.25) is 5.02 Å². The molecule has 1 aliphatic carbocycles. The molecule has 29 heavy (non-hydrogen) atoms. The Kier molecular flexibility index (Phi) is 5.92. The Balaban J connectivity index is 1.32. The van der Waals surface area contributed by atoms with Crippen molar-refractivity contribution in [2.75, 3.05) is 26.2 Å². The Morgan fingerprint density at radius 1 is 1.03 bits per heavy atom. The standard InChI is InChI=1S/C21H24ClN3O3S/c22-18-2-1-3-20(14-18)29(27,28)25-12-10-24(11-13-25)15-16-4-6-17(7-5-16)21(26)23-19-8-9-19/h1-7,14,19H,8-13,15H2,(H,23,26). The van der Waals surface area contributed by atoms with Crippen LogP contribution in [0, 0.1) is 0 Å². The van der Waals surface area contributed by atoms with E-state index in [2.05, 4.69) is 10.2 Å². The summed E-state index contributed by atoms with van der Waals surface area (Å²) in [5.41, 5.74) is 1.79. The van der Waals surface area contributed by atoms with Crippen LogP contribution in [0.25, 0.3) is 0 Å². The molecule has 2 aromatic rings. The van der Waals surface area contributed by atoms with Crippen molar-refractivity contribution in [1.82, 2.24) is 14.5 Å². The van der Waals surface area contributed by atoms with Gasteiger partial charge in [0.2, 0.25) is 10.0 Å². The summed E-state index contributed by atoms with van der Waals surface area (Å²) in [4.78, 5) is 14.5. The van der Waals surface area contributed by atoms with E-state index in [0.717, 1.165) is 24.9 Å². The van der Waals surface area contributed by atoms with Crippen LogP contribution in [0.5, 0.6) is 0 Å². The number of carbonyl (C=O) groups is 1. The molecule has 4 rings (SSSR count). The van der Waals surface area contributed by atoms with Crippen LogP contribution in [0.1, 0.15) is 28.8 Å². The molecule has 1 saturated carbocycles. The third-order valence-corrected chi connectivity index (χ3v) is 7.43. The summed E-state index contributed by atoms with van der Waals surface area (Å²) in [5.74, 6) is -0.0149. The highest BCUT2D eigenvalue weighted by molar-refractivity contribution is 7.89. The number of halogens is 1. The molecule has 2 aromatic carbocycles. The maximum atomic E-state index is 12.8. The summed E-state index contributed by atoms with van der Waals surface area (Å²) in [6.45, 7) is 2.93. The van der Waals surface area contributed by atoms with E-state index in [-0.39, 0.29) is 10.8 Å². The smallest absolute Gasteiger partial charge is 0.251 e. The van der Waals surface area contributed by atoms with Gasteiger partial charge in [-0.15, -0.1) is 0 Å². The summed E-state index contributed by atoms with van der Waals surface area (Å²) in [6.07, 6.45) is 2.14. The first-order chi connectivity index (χ1) is 13.9. The number of nitrogens with one attached hydrogen (secondary N) is 1. The van der Waals surface area contributed by atoms with Gasteiger partial charge in [0, 0.05) is 49.4 Å². The first-order valence-electron chi connectivity index (χ1n) is 9.80. The minimum atomic E-state index is -3.52. The van der Waals surface area contributed by atoms with Crippen LogP contribution in [0.4, 0.5) is 0 Å². The molecular formula is C21H24ClN3O3S. The lowest BCUT2D eigenvalue weighted by atomic mass is 10.1. The van der Waals surface area contributed by atoms with Crippen LogP contribution in [-0.4, -0.2) is 55.8 Å². The van der Waals surface area contributed by atoms with Crippen LogP contribution in [0.15, 0.2) is 53.4 Å². The van der Waals surface area contributed by atoms with E-state index in [1.807, 2.05) is 24.3 Å². The Bertz CT molecular complexity index is 982. The summed E-state index contributed by atoms with van der Waals surface area (Å²) in [5, 5.41) is 3.40. The molecule has 0 radical (unpaired) electrons. The highest BCUT2D eigenvalue weighted by Gasteiger charge is 2.28. The van der Waals surface area contributed by atoms with E-state index in [1.54, 1.807) is 18.2 Å². The molecule has 1 amide bonds. The quantitative estimate of drug-likeness (QED) is 0.760. The SMILES string of the molecule is O=C(NC1CC1)c1ccc(CN2CCN(S(=O)(=O)c3cccc(Cl)c3)CC2)cc1. The van der Waals surface area contributed by atoms with E-state index in [1.165, 1.54) is 10.4 Å². The van der Waals surface area contributed by atoms with Gasteiger partial charge in [-0.2, -0.15) is 4.31 Å². The molecule has 8 heteroatoms. The first kappa shape index (κ1) is 20.3. The lowest BCUT2D eigenvalue weighted by molar-refractivity contribution is 0.0951. The molecular weight excluding hydrogens is 410 g/mol. The van der Waals surface area contributed by atoms with Crippen molar-refractivity contribution in [2.45, 2.75) is 30.3 Å². The van der Waals surface area contributed by atoms with Gasteiger partial charge in [0.25, 0.3) is 5.91 Å². The summed E-state index contributed by atoms with van der Waals surface area (Å²) in [6, 6.07) is 14.4. The molecule has 0 bridgehead atoms. The second-order valence-corrected chi connectivity index (χ2v) is 9.96. The Morgan fingerprint density at radius 2 is 1.72 bits per heavy atom. The van der Waals surface area contributed by atoms with Crippen LogP contribution < -0.4 is 5.32 Å². The lowest BCUT2D eigenvalue weighted by Gasteiger charge is -2.34. The van der Waals surface area contributed by atoms with E-state index in [9.17, 15) is 13.2 Å². The number of benzene rings is 2. The Hall–Kier alpha value is -1.93. The molecule has 1 saturated heterocycles. The summed E-state index contributed by atoms with van der Waals surface area (Å²) in [7, 11) is -3.52. The average molecular weight is 434 g/mol. The largest absolute Gasteiger partial charge is 0.349 e. The average Bonchev–Trinajstić information content (AvgIpc) is 3.53. The third kappa shape index (κ3) is 4.98. The van der Waals surface area contributed by atoms with Crippen LogP contribution in [0.3, 0.4) is 0 Å². The van der Waals surface area contributed by atoms with Gasteiger partial charge in [0.1, 0.15) is 0 Å². The number of sulfonamides is 1. The fourth-order valence-electron chi connectivity index (χ4n) is 3.42. The van der Waals surface area contributed by atoms with Gasteiger partial charge in [-0.05, 0) is 48.7 Å². The molecule has 1 N–H and O–H groups in total. The molecule has 6 nitrogen and oxygen atoms in total. The third-order valence-electron chi connectivity index (χ3n) is 5.30. The van der Waals surface area contributed by atoms with Crippen LogP contribution >= 0.6 is 11.6 Å². The number of rotatable bonds is 6. The molecule has 1 aliphatic heterocycles. The molecule has 2 fully saturated rings. The monoisotopic (exact) mass is 433 g/mol. The lowest BCUT2D eigenvalue weighted by Crippen LogP contribution is -2.48. The van der Waals surface area contributed by atoms with E-state index >= 15 is 0 Å². The molecule has 0 unspecified atom stereocenters. The topological polar surface area (TPSA) is 69.7 Å². The van der Waals surface area contributed by atoms with Crippen molar-refractivity contribution in [3.05, 3.63) is 64.7 Å². The number of hydrogen-bond acceptors (Lipinski definition) is 4. The summed E-state index contributed by atoms with van der Waals surface area (Å²) >= 11 is 5.95. The molecule has 1 heterocycles. The molecule has 0 spiro atoms. The number of nitrogens with zero attached hydrogens (tertiary/aromatic N) is 2. The molecule has 0 aromatic heterocycles. The van der Waals surface area contributed by atoms with Crippen molar-refractivity contribution in [1.29, 1.82) is 0 Å². The normalized spacial score (nSPS) is 18.5. The zero-order valence-corrected chi connectivity index (χ0v) is 17.6. The summed E-state index contributed by atoms with van der Waals surface area (Å²) < 4.78 is 27.1. The predicted octanol–water partition coefficient (Wildman–Crippen LogP) is 2.74. The first-order valence-corrected chi connectivity index (χ1v) is 11.6. The van der Waals surface area contributed by atoms with Gasteiger partial charge in [-0.25, -0.2) is 8.42 Å². The van der Waals surface area contributed by atoms with E-state index in [0.29, 0.717) is 42.8 Å². The van der Waals surface area contributed by atoms with Crippen molar-refractivity contribution in [3.63, 3.8) is 0 Å². The fraction of sp³-hybridized carbons (Fsp3) is 0.381. The zero-order valence-electron chi connectivity index (χ0n) is 16.1. The van der Waals surface area contributed by atoms with Crippen molar-refractivity contribution in [3.8, 4) is 0 Å². The Labute approximate surface area is 176 Å². The number of piperazine rings is 1. The number of hydrogen-bond donors (Lipinski definition) is 1. The number of carbonyl (C=O) groups excluding carboxylic acids is 1. The minimum Gasteiger partial charge on any atom is -0.349 e. The molecule has 0 atom stereocenters. The second kappa shape index (κ2) is 8.44. The maximum absolute atomic E-state index is 12.8. The van der Waals surface area contributed by atoms with Gasteiger partial charge >= 0.3 is 0 Å². The van der Waals surface area contributed by atoms with Crippen LogP contribution in [-0.2, 0) is 16.6 Å². The fourth-order valence-corrected chi connectivity index (χ4v) is 5.14. The van der Waals surface area contributed by atoms with E-state index < -0.39 is 10.0 Å². The highest BCUT2D eigenvalue weighted by Crippen LogP contribution is 2.22. The van der Waals surface area contributed by atoms with Crippen molar-refractivity contribution < 1.29 is 13.2 Å². The second-order valence-electron chi connectivity index (χ2n) is 7.58. The molecule has 2 aliphatic rings. The minimum absolute atomic E-state index is 0.0149. The van der Waals surface area contributed by atoms with Gasteiger partial charge in [0.15, 0.2) is 0 Å². The van der Waals surface area contributed by atoms with Gasteiger partial charge in [-0.3, -0.25) is 9.69 Å². The maximum Gasteiger partial charge on any atom is 0.251 e. The molecule has 154 valence electrons. The predicted molar refractivity (Wildman–Crippen MR) is 112 cm³/mol. The number of amides is 1. The van der Waals surface area contributed by atoms with E-state index in [4.69, 9.17) is 11.6 Å². The van der Waals surface area contributed by atoms with Crippen molar-refractivity contribution >= 4 is 27.5 Å².